The van der Waals surface area contributed by atoms with E-state index >= 15 is 0 Å². The van der Waals surface area contributed by atoms with E-state index in [2.05, 4.69) is 62.3 Å². The third-order valence-electron chi connectivity index (χ3n) is 19.5. The number of hydrogen-bond acceptors (Lipinski definition) is 0. The van der Waals surface area contributed by atoms with Gasteiger partial charge in [-0.25, -0.2) is 0 Å². The molecule has 0 radical (unpaired) electrons. The summed E-state index contributed by atoms with van der Waals surface area (Å²) in [5.41, 5.74) is 0.811. The molecule has 74 heavy (non-hydrogen) atoms. The second-order valence-electron chi connectivity index (χ2n) is 26.0. The molecule has 0 rings (SSSR count). The van der Waals surface area contributed by atoms with Gasteiger partial charge in [0.1, 0.15) is 15.5 Å². The quantitative estimate of drug-likeness (QED) is 0.0421. The number of unbranched alkanes of at least 4 members (excludes halogenated alkanes) is 44. The Morgan fingerprint density at radius 2 is 0.392 bits per heavy atom. The van der Waals surface area contributed by atoms with Gasteiger partial charge in [-0.15, -0.1) is 0 Å². The Bertz CT molecular complexity index is 1010. The van der Waals surface area contributed by atoms with Crippen molar-refractivity contribution in [3.63, 3.8) is 0 Å². The highest BCUT2D eigenvalue weighted by molar-refractivity contribution is 9.42. The minimum absolute atomic E-state index is 0.400. The summed E-state index contributed by atoms with van der Waals surface area (Å²) in [5.74, 6) is -1.56. The molecule has 0 N–H and O–H groups in total. The van der Waals surface area contributed by atoms with E-state index in [0.29, 0.717) is 16.0 Å². The molecule has 0 unspecified atom stereocenters. The van der Waals surface area contributed by atoms with Crippen molar-refractivity contribution in [1.82, 2.24) is 0 Å². The first-order chi connectivity index (χ1) is 36.2. The molecule has 0 aromatic carbocycles. The van der Waals surface area contributed by atoms with Gasteiger partial charge in [-0.3, -0.25) is 0 Å². The van der Waals surface area contributed by atoms with Crippen LogP contribution in [0.25, 0.3) is 0 Å². The Hall–Kier alpha value is 0.910. The van der Waals surface area contributed by atoms with E-state index in [4.69, 9.17) is 15.5 Å². The van der Waals surface area contributed by atoms with Crippen LogP contribution in [0.15, 0.2) is 0 Å². The van der Waals surface area contributed by atoms with Crippen LogP contribution in [0.2, 0.25) is 0 Å². The lowest BCUT2D eigenvalue weighted by atomic mass is 9.49. The Morgan fingerprint density at radius 1 is 0.216 bits per heavy atom. The highest BCUT2D eigenvalue weighted by Crippen LogP contribution is 2.86. The van der Waals surface area contributed by atoms with Gasteiger partial charge >= 0.3 is 0 Å². The third-order valence-corrected chi connectivity index (χ3v) is 28.1. The predicted octanol–water partition coefficient (Wildman–Crippen LogP) is 28.8. The average Bonchev–Trinajstić information content (AvgIpc) is 3.40. The Labute approximate surface area is 481 Å². The summed E-state index contributed by atoms with van der Waals surface area (Å²) in [4.78, 5) is 0. The summed E-state index contributed by atoms with van der Waals surface area (Å²) < 4.78 is 0. The lowest BCUT2D eigenvalue weighted by molar-refractivity contribution is -0.0426. The molecule has 0 aliphatic heterocycles. The minimum Gasteiger partial charge on any atom is -0.0654 e. The molecular formula is C72H147BrP+. The van der Waals surface area contributed by atoms with Crippen molar-refractivity contribution in [2.24, 2.45) is 10.8 Å². The minimum atomic E-state index is -1.56. The van der Waals surface area contributed by atoms with E-state index in [1.807, 2.05) is 0 Å². The molecule has 0 fully saturated rings. The average molecular weight is 1120 g/mol. The second kappa shape index (κ2) is 54.5. The normalized spacial score (nSPS) is 12.7. The van der Waals surface area contributed by atoms with Crippen molar-refractivity contribution in [3.8, 4) is 0 Å². The Balaban J connectivity index is 8.20. The predicted molar refractivity (Wildman–Crippen MR) is 352 cm³/mol. The van der Waals surface area contributed by atoms with E-state index in [1.54, 1.807) is 25.7 Å². The fourth-order valence-corrected chi connectivity index (χ4v) is 23.3. The lowest BCUT2D eigenvalue weighted by Gasteiger charge is -2.63. The standard InChI is InChI=1S/C72H147BrP/c1-10-18-26-32-38-44-50-56-62-70(9,63-57-51-45-39-33-27-19-11-2)71(64-58-52-46-40-34-28-20-12-3,65-59-53-47-41-35-29-21-13-4)72(66-60-54-48-42-36-30-22-14-5,67-61-55-49-43-37-31-23-15-6)74(73,68-24-16-7)69-25-17-8/h10-69H2,1-9H3/q+1. The van der Waals surface area contributed by atoms with Gasteiger partial charge in [0.05, 0.1) is 23.4 Å². The molecule has 0 atom stereocenters. The molecule has 0 aliphatic rings. The molecule has 0 aromatic heterocycles. The topological polar surface area (TPSA) is 0 Å². The van der Waals surface area contributed by atoms with Crippen molar-refractivity contribution < 1.29 is 0 Å². The van der Waals surface area contributed by atoms with E-state index < -0.39 is 5.96 Å². The maximum absolute atomic E-state index is 5.34. The maximum Gasteiger partial charge on any atom is 0.139 e. The van der Waals surface area contributed by atoms with Gasteiger partial charge in [0.2, 0.25) is 0 Å². The van der Waals surface area contributed by atoms with Crippen LogP contribution in [0.1, 0.15) is 435 Å². The maximum atomic E-state index is 5.34. The number of halogens is 1. The molecule has 0 nitrogen and oxygen atoms in total. The van der Waals surface area contributed by atoms with Gasteiger partial charge in [0.15, 0.2) is 0 Å². The van der Waals surface area contributed by atoms with Crippen LogP contribution in [0.3, 0.4) is 0 Å². The Morgan fingerprint density at radius 3 is 0.608 bits per heavy atom. The van der Waals surface area contributed by atoms with Crippen LogP contribution in [0, 0.1) is 10.8 Å². The first-order valence-electron chi connectivity index (χ1n) is 35.8. The van der Waals surface area contributed by atoms with Crippen LogP contribution in [0.5, 0.6) is 0 Å². The first-order valence-corrected chi connectivity index (χ1v) is 40.0. The molecule has 0 bridgehead atoms. The van der Waals surface area contributed by atoms with E-state index in [1.165, 1.54) is 359 Å². The molecule has 0 aromatic rings. The largest absolute Gasteiger partial charge is 0.139 e. The fourth-order valence-electron chi connectivity index (χ4n) is 14.6. The van der Waals surface area contributed by atoms with Gasteiger partial charge in [0.25, 0.3) is 0 Å². The number of hydrogen-bond donors (Lipinski definition) is 0. The van der Waals surface area contributed by atoms with Gasteiger partial charge in [-0.2, -0.15) is 0 Å². The molecule has 0 saturated heterocycles. The summed E-state index contributed by atoms with van der Waals surface area (Å²) in [6.45, 7) is 22.5. The zero-order valence-corrected chi connectivity index (χ0v) is 56.2. The van der Waals surface area contributed by atoms with Crippen molar-refractivity contribution >= 4 is 21.5 Å². The summed E-state index contributed by atoms with van der Waals surface area (Å²) in [6, 6.07) is 0. The van der Waals surface area contributed by atoms with E-state index in [-0.39, 0.29) is 0 Å². The molecule has 0 amide bonds. The smallest absolute Gasteiger partial charge is 0.0654 e. The van der Waals surface area contributed by atoms with Gasteiger partial charge in [-0.05, 0) is 69.6 Å². The van der Waals surface area contributed by atoms with Crippen molar-refractivity contribution in [2.75, 3.05) is 12.3 Å². The van der Waals surface area contributed by atoms with Crippen molar-refractivity contribution in [1.29, 1.82) is 0 Å². The van der Waals surface area contributed by atoms with Crippen LogP contribution in [0.4, 0.5) is 0 Å². The molecule has 446 valence electrons. The van der Waals surface area contributed by atoms with Crippen LogP contribution < -0.4 is 0 Å². The van der Waals surface area contributed by atoms with Crippen molar-refractivity contribution in [2.45, 2.75) is 440 Å². The van der Waals surface area contributed by atoms with Crippen LogP contribution in [-0.4, -0.2) is 17.5 Å². The zero-order chi connectivity index (χ0) is 54.4. The van der Waals surface area contributed by atoms with Crippen LogP contribution in [-0.2, 0) is 0 Å². The van der Waals surface area contributed by atoms with Crippen molar-refractivity contribution in [3.05, 3.63) is 0 Å². The molecule has 0 saturated carbocycles. The molecular weight excluding hydrogens is 976 g/mol. The van der Waals surface area contributed by atoms with E-state index in [0.717, 1.165) is 0 Å². The molecule has 2 heteroatoms. The van der Waals surface area contributed by atoms with Gasteiger partial charge < -0.3 is 0 Å². The first kappa shape index (κ1) is 74.9. The Kier molecular flexibility index (Phi) is 55.2. The second-order valence-corrected chi connectivity index (χ2v) is 33.6. The molecule has 0 aliphatic carbocycles. The van der Waals surface area contributed by atoms with Gasteiger partial charge in [-0.1, -0.05) is 371 Å². The van der Waals surface area contributed by atoms with E-state index in [9.17, 15) is 0 Å². The summed E-state index contributed by atoms with van der Waals surface area (Å²) in [7, 11) is 0. The molecule has 0 spiro atoms. The zero-order valence-electron chi connectivity index (χ0n) is 53.8. The van der Waals surface area contributed by atoms with Gasteiger partial charge in [0, 0.05) is 5.41 Å². The SMILES string of the molecule is CCCCCCCCCCC(C)(CCCCCCCCCC)C(CCCCCCCCCC)(CCCCCCCCCC)C(CCCCCCCCCC)(CCCCCCCCCC)[P+](Br)(CCCC)CCCC. The summed E-state index contributed by atoms with van der Waals surface area (Å²) in [5, 5.41) is 0.437. The number of rotatable bonds is 63. The highest BCUT2D eigenvalue weighted by atomic mass is 79.9. The third kappa shape index (κ3) is 34.9. The summed E-state index contributed by atoms with van der Waals surface area (Å²) >= 11 is 5.34. The summed E-state index contributed by atoms with van der Waals surface area (Å²) in [6.07, 6.45) is 87.8. The molecule has 0 heterocycles. The monoisotopic (exact) mass is 1120 g/mol. The fraction of sp³-hybridized carbons (Fsp3) is 1.00. The lowest BCUT2D eigenvalue weighted by Crippen LogP contribution is -2.58. The highest BCUT2D eigenvalue weighted by Gasteiger charge is 2.69. The van der Waals surface area contributed by atoms with Crippen LogP contribution >= 0.6 is 21.5 Å².